The second kappa shape index (κ2) is 3.85. The third kappa shape index (κ3) is 2.17. The summed E-state index contributed by atoms with van der Waals surface area (Å²) >= 11 is 5.69. The number of aromatic nitrogens is 1. The maximum atomic E-state index is 9.37. The second-order valence-corrected chi connectivity index (χ2v) is 3.00. The molecule has 4 heteroatoms. The van der Waals surface area contributed by atoms with Crippen molar-refractivity contribution in [2.24, 2.45) is 5.73 Å². The van der Waals surface area contributed by atoms with Crippen LogP contribution < -0.4 is 5.73 Å². The molecule has 0 bridgehead atoms. The Morgan fingerprint density at radius 1 is 1.67 bits per heavy atom. The summed E-state index contributed by atoms with van der Waals surface area (Å²) in [4.78, 5) is 3.96. The van der Waals surface area contributed by atoms with Gasteiger partial charge in [-0.1, -0.05) is 11.6 Å². The van der Waals surface area contributed by atoms with Gasteiger partial charge in [0.05, 0.1) is 6.10 Å². The predicted octanol–water partition coefficient (Wildman–Crippen LogP) is 1.04. The number of hydrogen-bond acceptors (Lipinski definition) is 3. The van der Waals surface area contributed by atoms with Crippen LogP contribution in [0.5, 0.6) is 0 Å². The summed E-state index contributed by atoms with van der Waals surface area (Å²) in [5, 5.41) is 9.75. The molecule has 1 aromatic rings. The number of rotatable bonds is 2. The van der Waals surface area contributed by atoms with Crippen LogP contribution in [0.15, 0.2) is 12.1 Å². The first-order valence-electron chi connectivity index (χ1n) is 3.65. The number of aliphatic hydroxyl groups excluding tert-OH is 1. The first kappa shape index (κ1) is 9.45. The van der Waals surface area contributed by atoms with Gasteiger partial charge in [-0.25, -0.2) is 4.98 Å². The van der Waals surface area contributed by atoms with Crippen LogP contribution in [-0.4, -0.2) is 16.6 Å². The van der Waals surface area contributed by atoms with Crippen LogP contribution in [-0.2, 0) is 0 Å². The van der Waals surface area contributed by atoms with Crippen LogP contribution in [0.4, 0.5) is 0 Å². The van der Waals surface area contributed by atoms with Gasteiger partial charge in [0, 0.05) is 12.2 Å². The van der Waals surface area contributed by atoms with Crippen LogP contribution in [0.1, 0.15) is 17.4 Å². The van der Waals surface area contributed by atoms with Gasteiger partial charge in [-0.05, 0) is 24.6 Å². The zero-order valence-corrected chi connectivity index (χ0v) is 7.54. The number of pyridine rings is 1. The molecule has 1 rings (SSSR count). The van der Waals surface area contributed by atoms with E-state index in [1.165, 1.54) is 0 Å². The highest BCUT2D eigenvalue weighted by Crippen LogP contribution is 2.16. The number of nitrogens with two attached hydrogens (primary N) is 1. The molecule has 0 aliphatic rings. The molecule has 3 N–H and O–H groups in total. The summed E-state index contributed by atoms with van der Waals surface area (Å²) in [7, 11) is 0. The summed E-state index contributed by atoms with van der Waals surface area (Å²) < 4.78 is 0. The number of aliphatic hydroxyl groups is 1. The summed E-state index contributed by atoms with van der Waals surface area (Å²) in [5.74, 6) is 0. The van der Waals surface area contributed by atoms with Crippen molar-refractivity contribution in [1.29, 1.82) is 0 Å². The normalized spacial score (nSPS) is 13.0. The van der Waals surface area contributed by atoms with E-state index in [2.05, 4.69) is 4.98 Å². The van der Waals surface area contributed by atoms with E-state index in [-0.39, 0.29) is 6.54 Å². The SMILES string of the molecule is Cc1cc(C(O)CN)cc(Cl)n1. The topological polar surface area (TPSA) is 59.1 Å². The van der Waals surface area contributed by atoms with Crippen LogP contribution in [0.3, 0.4) is 0 Å². The molecule has 0 saturated carbocycles. The van der Waals surface area contributed by atoms with E-state index in [9.17, 15) is 5.11 Å². The molecule has 0 amide bonds. The lowest BCUT2D eigenvalue weighted by Crippen LogP contribution is -2.11. The zero-order chi connectivity index (χ0) is 9.14. The molecule has 0 aliphatic carbocycles. The number of aryl methyl sites for hydroxylation is 1. The minimum atomic E-state index is -0.649. The van der Waals surface area contributed by atoms with Crippen molar-refractivity contribution in [3.63, 3.8) is 0 Å². The van der Waals surface area contributed by atoms with Crippen LogP contribution in [0.2, 0.25) is 5.15 Å². The Labute approximate surface area is 76.2 Å². The Hall–Kier alpha value is -0.640. The molecular formula is C8H11ClN2O. The van der Waals surface area contributed by atoms with E-state index >= 15 is 0 Å². The van der Waals surface area contributed by atoms with Crippen LogP contribution in [0, 0.1) is 6.92 Å². The van der Waals surface area contributed by atoms with Crippen molar-refractivity contribution in [3.8, 4) is 0 Å². The lowest BCUT2D eigenvalue weighted by molar-refractivity contribution is 0.186. The number of halogens is 1. The molecular weight excluding hydrogens is 176 g/mol. The first-order chi connectivity index (χ1) is 5.63. The molecule has 0 aromatic carbocycles. The number of nitrogens with zero attached hydrogens (tertiary/aromatic N) is 1. The first-order valence-corrected chi connectivity index (χ1v) is 4.03. The lowest BCUT2D eigenvalue weighted by atomic mass is 10.1. The van der Waals surface area contributed by atoms with Gasteiger partial charge in [-0.15, -0.1) is 0 Å². The van der Waals surface area contributed by atoms with Gasteiger partial charge in [0.15, 0.2) is 0 Å². The molecule has 66 valence electrons. The molecule has 1 heterocycles. The van der Waals surface area contributed by atoms with Crippen LogP contribution in [0.25, 0.3) is 0 Å². The van der Waals surface area contributed by atoms with Crippen molar-refractivity contribution in [3.05, 3.63) is 28.5 Å². The van der Waals surface area contributed by atoms with Crippen molar-refractivity contribution < 1.29 is 5.11 Å². The fraction of sp³-hybridized carbons (Fsp3) is 0.375. The maximum absolute atomic E-state index is 9.37. The molecule has 0 fully saturated rings. The van der Waals surface area contributed by atoms with Crippen molar-refractivity contribution in [2.75, 3.05) is 6.54 Å². The van der Waals surface area contributed by atoms with Gasteiger partial charge in [-0.2, -0.15) is 0 Å². The van der Waals surface area contributed by atoms with E-state index in [1.54, 1.807) is 12.1 Å². The van der Waals surface area contributed by atoms with E-state index < -0.39 is 6.10 Å². The van der Waals surface area contributed by atoms with Crippen molar-refractivity contribution in [2.45, 2.75) is 13.0 Å². The molecule has 0 saturated heterocycles. The Balaban J connectivity index is 3.00. The van der Waals surface area contributed by atoms with Gasteiger partial charge < -0.3 is 10.8 Å². The Morgan fingerprint density at radius 2 is 2.33 bits per heavy atom. The minimum Gasteiger partial charge on any atom is -0.387 e. The molecule has 1 unspecified atom stereocenters. The molecule has 0 radical (unpaired) electrons. The Bertz CT molecular complexity index is 258. The summed E-state index contributed by atoms with van der Waals surface area (Å²) in [5.41, 5.74) is 6.79. The van der Waals surface area contributed by atoms with E-state index in [1.807, 2.05) is 6.92 Å². The fourth-order valence-corrected chi connectivity index (χ4v) is 1.24. The highest BCUT2D eigenvalue weighted by atomic mass is 35.5. The smallest absolute Gasteiger partial charge is 0.129 e. The Morgan fingerprint density at radius 3 is 2.83 bits per heavy atom. The second-order valence-electron chi connectivity index (χ2n) is 2.62. The van der Waals surface area contributed by atoms with Gasteiger partial charge in [0.1, 0.15) is 5.15 Å². The minimum absolute atomic E-state index is 0.194. The molecule has 12 heavy (non-hydrogen) atoms. The van der Waals surface area contributed by atoms with E-state index in [0.717, 1.165) is 11.3 Å². The van der Waals surface area contributed by atoms with Gasteiger partial charge in [0.25, 0.3) is 0 Å². The summed E-state index contributed by atoms with van der Waals surface area (Å²) in [6.45, 7) is 2.01. The van der Waals surface area contributed by atoms with Gasteiger partial charge >= 0.3 is 0 Å². The molecule has 0 spiro atoms. The van der Waals surface area contributed by atoms with Crippen molar-refractivity contribution >= 4 is 11.6 Å². The van der Waals surface area contributed by atoms with E-state index in [4.69, 9.17) is 17.3 Å². The van der Waals surface area contributed by atoms with Crippen LogP contribution >= 0.6 is 11.6 Å². The average molecular weight is 187 g/mol. The third-order valence-corrected chi connectivity index (χ3v) is 1.75. The quantitative estimate of drug-likeness (QED) is 0.679. The molecule has 3 nitrogen and oxygen atoms in total. The maximum Gasteiger partial charge on any atom is 0.129 e. The highest BCUT2D eigenvalue weighted by molar-refractivity contribution is 6.29. The lowest BCUT2D eigenvalue weighted by Gasteiger charge is -2.08. The third-order valence-electron chi connectivity index (χ3n) is 1.55. The van der Waals surface area contributed by atoms with Crippen molar-refractivity contribution in [1.82, 2.24) is 4.98 Å². The monoisotopic (exact) mass is 186 g/mol. The fourth-order valence-electron chi connectivity index (χ4n) is 0.982. The molecule has 0 aliphatic heterocycles. The largest absolute Gasteiger partial charge is 0.387 e. The summed E-state index contributed by atoms with van der Waals surface area (Å²) in [6, 6.07) is 3.38. The molecule has 1 aromatic heterocycles. The highest BCUT2D eigenvalue weighted by Gasteiger charge is 2.06. The predicted molar refractivity (Wildman–Crippen MR) is 48.0 cm³/mol. The van der Waals surface area contributed by atoms with E-state index in [0.29, 0.717) is 5.15 Å². The zero-order valence-electron chi connectivity index (χ0n) is 6.79. The average Bonchev–Trinajstić information content (AvgIpc) is 2.01. The summed E-state index contributed by atoms with van der Waals surface area (Å²) in [6.07, 6.45) is -0.649. The Kier molecular flexibility index (Phi) is 3.03. The standard InChI is InChI=1S/C8H11ClN2O/c1-5-2-6(7(12)4-10)3-8(9)11-5/h2-3,7,12H,4,10H2,1H3. The number of hydrogen-bond donors (Lipinski definition) is 2. The van der Waals surface area contributed by atoms with Gasteiger partial charge in [0.2, 0.25) is 0 Å². The molecule has 1 atom stereocenters. The van der Waals surface area contributed by atoms with Gasteiger partial charge in [-0.3, -0.25) is 0 Å².